The predicted molar refractivity (Wildman–Crippen MR) is 74.2 cm³/mol. The van der Waals surface area contributed by atoms with Crippen LogP contribution in [0.2, 0.25) is 0 Å². The Hall–Kier alpha value is -1.36. The Kier molecular flexibility index (Phi) is 3.94. The Bertz CT molecular complexity index is 507. The summed E-state index contributed by atoms with van der Waals surface area (Å²) in [6, 6.07) is 0. The molecular weight excluding hydrogens is 262 g/mol. The van der Waals surface area contributed by atoms with Crippen LogP contribution in [0.5, 0.6) is 0 Å². The number of cyclic esters (lactones) is 1. The first-order chi connectivity index (χ1) is 8.91. The number of ether oxygens (including phenoxy) is 1. The number of carbonyl (C=O) groups excluding carboxylic acids is 1. The maximum atomic E-state index is 11.5. The SMILES string of the molecule is Cc1csc(CCC2(C(C)C)CC(O)=CC(=O)O2)n1. The third-order valence-electron chi connectivity index (χ3n) is 3.55. The van der Waals surface area contributed by atoms with Crippen LogP contribution < -0.4 is 0 Å². The summed E-state index contributed by atoms with van der Waals surface area (Å²) in [5, 5.41) is 12.8. The molecule has 5 heteroatoms. The number of thiazole rings is 1. The lowest BCUT2D eigenvalue weighted by molar-refractivity contribution is -0.163. The van der Waals surface area contributed by atoms with Crippen LogP contribution in [0.3, 0.4) is 0 Å². The highest BCUT2D eigenvalue weighted by molar-refractivity contribution is 7.09. The molecule has 2 rings (SSSR count). The second kappa shape index (κ2) is 5.33. The molecule has 0 aliphatic carbocycles. The van der Waals surface area contributed by atoms with Crippen LogP contribution in [0, 0.1) is 12.8 Å². The molecule has 1 aliphatic heterocycles. The van der Waals surface area contributed by atoms with Gasteiger partial charge in [0.2, 0.25) is 0 Å². The zero-order valence-corrected chi connectivity index (χ0v) is 12.3. The molecule has 104 valence electrons. The highest BCUT2D eigenvalue weighted by Crippen LogP contribution is 2.36. The van der Waals surface area contributed by atoms with E-state index >= 15 is 0 Å². The largest absolute Gasteiger partial charge is 0.512 e. The molecule has 1 atom stereocenters. The smallest absolute Gasteiger partial charge is 0.334 e. The van der Waals surface area contributed by atoms with Gasteiger partial charge in [-0.15, -0.1) is 11.3 Å². The minimum absolute atomic E-state index is 0.111. The van der Waals surface area contributed by atoms with E-state index in [1.807, 2.05) is 26.2 Å². The van der Waals surface area contributed by atoms with Crippen molar-refractivity contribution < 1.29 is 14.6 Å². The molecule has 0 amide bonds. The van der Waals surface area contributed by atoms with Crippen molar-refractivity contribution in [2.75, 3.05) is 0 Å². The second-order valence-corrected chi connectivity index (χ2v) is 6.28. The molecule has 2 heterocycles. The molecule has 1 unspecified atom stereocenters. The van der Waals surface area contributed by atoms with Crippen LogP contribution in [0.25, 0.3) is 0 Å². The standard InChI is InChI=1S/C14H19NO3S/c1-9(2)14(7-11(16)6-13(17)18-14)5-4-12-15-10(3)8-19-12/h6,8-9,16H,4-5,7H2,1-3H3. The number of rotatable bonds is 4. The van der Waals surface area contributed by atoms with Crippen molar-refractivity contribution in [3.8, 4) is 0 Å². The maximum absolute atomic E-state index is 11.5. The summed E-state index contributed by atoms with van der Waals surface area (Å²) in [7, 11) is 0. The van der Waals surface area contributed by atoms with E-state index < -0.39 is 11.6 Å². The average Bonchev–Trinajstić information content (AvgIpc) is 2.71. The van der Waals surface area contributed by atoms with Gasteiger partial charge in [-0.05, 0) is 19.3 Å². The molecule has 1 aromatic heterocycles. The number of aryl methyl sites for hydroxylation is 2. The van der Waals surface area contributed by atoms with Crippen LogP contribution in [0.15, 0.2) is 17.2 Å². The topological polar surface area (TPSA) is 59.4 Å². The van der Waals surface area contributed by atoms with E-state index in [0.29, 0.717) is 12.8 Å². The van der Waals surface area contributed by atoms with Crippen molar-refractivity contribution in [3.05, 3.63) is 27.9 Å². The zero-order chi connectivity index (χ0) is 14.0. The molecule has 1 aliphatic rings. The lowest BCUT2D eigenvalue weighted by Crippen LogP contribution is -2.43. The van der Waals surface area contributed by atoms with E-state index in [0.717, 1.165) is 23.2 Å². The van der Waals surface area contributed by atoms with Crippen molar-refractivity contribution in [1.29, 1.82) is 0 Å². The molecule has 0 saturated heterocycles. The number of nitrogens with zero attached hydrogens (tertiary/aromatic N) is 1. The first-order valence-electron chi connectivity index (χ1n) is 6.45. The third-order valence-corrected chi connectivity index (χ3v) is 4.58. The Balaban J connectivity index is 2.12. The van der Waals surface area contributed by atoms with Gasteiger partial charge in [0.1, 0.15) is 11.4 Å². The van der Waals surface area contributed by atoms with Gasteiger partial charge >= 0.3 is 5.97 Å². The normalized spacial score (nSPS) is 23.4. The first kappa shape index (κ1) is 14.1. The van der Waals surface area contributed by atoms with Crippen LogP contribution in [0.1, 0.15) is 37.4 Å². The van der Waals surface area contributed by atoms with Crippen LogP contribution >= 0.6 is 11.3 Å². The molecule has 0 spiro atoms. The van der Waals surface area contributed by atoms with Crippen LogP contribution in [-0.2, 0) is 16.0 Å². The van der Waals surface area contributed by atoms with Gasteiger partial charge < -0.3 is 9.84 Å². The van der Waals surface area contributed by atoms with Crippen LogP contribution in [-0.4, -0.2) is 21.7 Å². The number of aliphatic hydroxyl groups excluding tert-OH is 1. The molecule has 0 bridgehead atoms. The number of aliphatic hydroxyl groups is 1. The summed E-state index contributed by atoms with van der Waals surface area (Å²) in [6.07, 6.45) is 2.99. The van der Waals surface area contributed by atoms with Crippen molar-refractivity contribution in [1.82, 2.24) is 4.98 Å². The predicted octanol–water partition coefficient (Wildman–Crippen LogP) is 3.17. The van der Waals surface area contributed by atoms with E-state index in [2.05, 4.69) is 4.98 Å². The highest BCUT2D eigenvalue weighted by atomic mass is 32.1. The monoisotopic (exact) mass is 281 g/mol. The van der Waals surface area contributed by atoms with Gasteiger partial charge in [-0.3, -0.25) is 0 Å². The third kappa shape index (κ3) is 3.15. The van der Waals surface area contributed by atoms with E-state index in [1.165, 1.54) is 0 Å². The quantitative estimate of drug-likeness (QED) is 0.861. The summed E-state index contributed by atoms with van der Waals surface area (Å²) in [5.41, 5.74) is 0.400. The van der Waals surface area contributed by atoms with Crippen molar-refractivity contribution >= 4 is 17.3 Å². The molecule has 1 N–H and O–H groups in total. The summed E-state index contributed by atoms with van der Waals surface area (Å²) >= 11 is 1.62. The van der Waals surface area contributed by atoms with Gasteiger partial charge in [-0.1, -0.05) is 13.8 Å². The summed E-state index contributed by atoms with van der Waals surface area (Å²) in [6.45, 7) is 5.99. The van der Waals surface area contributed by atoms with Gasteiger partial charge in [0, 0.05) is 23.9 Å². The lowest BCUT2D eigenvalue weighted by Gasteiger charge is -2.38. The number of aromatic nitrogens is 1. The average molecular weight is 281 g/mol. The highest BCUT2D eigenvalue weighted by Gasteiger charge is 2.41. The minimum Gasteiger partial charge on any atom is -0.512 e. The lowest BCUT2D eigenvalue weighted by atomic mass is 9.81. The minimum atomic E-state index is -0.616. The van der Waals surface area contributed by atoms with E-state index in [4.69, 9.17) is 4.74 Å². The van der Waals surface area contributed by atoms with Crippen molar-refractivity contribution in [2.45, 2.75) is 45.6 Å². The van der Waals surface area contributed by atoms with Gasteiger partial charge in [0.05, 0.1) is 11.1 Å². The van der Waals surface area contributed by atoms with Gasteiger partial charge in [-0.2, -0.15) is 0 Å². The zero-order valence-electron chi connectivity index (χ0n) is 11.5. The number of carbonyl (C=O) groups is 1. The fourth-order valence-electron chi connectivity index (χ4n) is 2.35. The Morgan fingerprint density at radius 3 is 2.84 bits per heavy atom. The number of hydrogen-bond donors (Lipinski definition) is 1. The summed E-state index contributed by atoms with van der Waals surface area (Å²) in [5.74, 6) is -0.193. The molecule has 0 aromatic carbocycles. The van der Waals surface area contributed by atoms with E-state index in [1.54, 1.807) is 11.3 Å². The van der Waals surface area contributed by atoms with Crippen molar-refractivity contribution in [3.63, 3.8) is 0 Å². The van der Waals surface area contributed by atoms with E-state index in [9.17, 15) is 9.90 Å². The maximum Gasteiger partial charge on any atom is 0.334 e. The number of hydrogen-bond acceptors (Lipinski definition) is 5. The summed E-state index contributed by atoms with van der Waals surface area (Å²) in [4.78, 5) is 16.0. The molecular formula is C14H19NO3S. The van der Waals surface area contributed by atoms with Gasteiger partial charge in [-0.25, -0.2) is 9.78 Å². The Morgan fingerprint density at radius 2 is 2.32 bits per heavy atom. The molecule has 0 radical (unpaired) electrons. The molecule has 0 fully saturated rings. The fourth-order valence-corrected chi connectivity index (χ4v) is 3.12. The van der Waals surface area contributed by atoms with Gasteiger partial charge in [0.25, 0.3) is 0 Å². The Morgan fingerprint density at radius 1 is 1.58 bits per heavy atom. The van der Waals surface area contributed by atoms with Gasteiger partial charge in [0.15, 0.2) is 0 Å². The molecule has 1 aromatic rings. The first-order valence-corrected chi connectivity index (χ1v) is 7.33. The molecule has 4 nitrogen and oxygen atoms in total. The van der Waals surface area contributed by atoms with Crippen molar-refractivity contribution in [2.24, 2.45) is 5.92 Å². The molecule has 0 saturated carbocycles. The van der Waals surface area contributed by atoms with E-state index in [-0.39, 0.29) is 11.7 Å². The Labute approximate surface area is 117 Å². The van der Waals surface area contributed by atoms with Crippen LogP contribution in [0.4, 0.5) is 0 Å². The fraction of sp³-hybridized carbons (Fsp3) is 0.571. The molecule has 19 heavy (non-hydrogen) atoms. The summed E-state index contributed by atoms with van der Waals surface area (Å²) < 4.78 is 5.54. The number of esters is 1. The second-order valence-electron chi connectivity index (χ2n) is 5.34.